The third-order valence-electron chi connectivity index (χ3n) is 5.01. The molecule has 1 aliphatic heterocycles. The highest BCUT2D eigenvalue weighted by Crippen LogP contribution is 2.25. The lowest BCUT2D eigenvalue weighted by atomic mass is 10.0. The van der Waals surface area contributed by atoms with Crippen LogP contribution in [0, 0.1) is 0 Å². The SMILES string of the molecule is Nc1cccc(-c2cnc(N)c(C(=O)c3cccc(N4CCCNCC4)n3)c2)c1. The van der Waals surface area contributed by atoms with Crippen LogP contribution in [0.25, 0.3) is 11.1 Å². The molecule has 0 spiro atoms. The molecule has 0 amide bonds. The van der Waals surface area contributed by atoms with Gasteiger partial charge in [0.15, 0.2) is 0 Å². The second-order valence-corrected chi connectivity index (χ2v) is 7.08. The van der Waals surface area contributed by atoms with E-state index >= 15 is 0 Å². The van der Waals surface area contributed by atoms with Crippen LogP contribution in [0.4, 0.5) is 17.3 Å². The Labute approximate surface area is 169 Å². The zero-order valence-electron chi connectivity index (χ0n) is 16.1. The summed E-state index contributed by atoms with van der Waals surface area (Å²) in [5.74, 6) is 0.752. The Morgan fingerprint density at radius 2 is 1.86 bits per heavy atom. The van der Waals surface area contributed by atoms with Crippen LogP contribution in [0.15, 0.2) is 54.7 Å². The van der Waals surface area contributed by atoms with Gasteiger partial charge >= 0.3 is 0 Å². The molecule has 1 aromatic carbocycles. The van der Waals surface area contributed by atoms with E-state index in [1.807, 2.05) is 36.4 Å². The van der Waals surface area contributed by atoms with Crippen molar-refractivity contribution in [2.24, 2.45) is 0 Å². The normalized spacial score (nSPS) is 14.4. The van der Waals surface area contributed by atoms with Crippen LogP contribution in [0.5, 0.6) is 0 Å². The highest BCUT2D eigenvalue weighted by molar-refractivity contribution is 6.11. The molecule has 7 nitrogen and oxygen atoms in total. The van der Waals surface area contributed by atoms with Crippen LogP contribution in [0.3, 0.4) is 0 Å². The second-order valence-electron chi connectivity index (χ2n) is 7.08. The molecule has 0 bridgehead atoms. The lowest BCUT2D eigenvalue weighted by Crippen LogP contribution is -2.29. The minimum atomic E-state index is -0.240. The summed E-state index contributed by atoms with van der Waals surface area (Å²) in [7, 11) is 0. The fourth-order valence-corrected chi connectivity index (χ4v) is 3.47. The van der Waals surface area contributed by atoms with Gasteiger partial charge in [0.25, 0.3) is 0 Å². The number of anilines is 3. The van der Waals surface area contributed by atoms with Gasteiger partial charge in [-0.15, -0.1) is 0 Å². The number of ketones is 1. The van der Waals surface area contributed by atoms with Crippen LogP contribution in [-0.4, -0.2) is 41.9 Å². The molecule has 3 heterocycles. The van der Waals surface area contributed by atoms with Crippen molar-refractivity contribution < 1.29 is 4.79 Å². The molecule has 2 aromatic heterocycles. The van der Waals surface area contributed by atoms with Crippen molar-refractivity contribution in [3.8, 4) is 11.1 Å². The molecule has 0 aliphatic carbocycles. The van der Waals surface area contributed by atoms with Crippen molar-refractivity contribution in [3.05, 3.63) is 66.0 Å². The molecule has 0 unspecified atom stereocenters. The predicted molar refractivity (Wildman–Crippen MR) is 116 cm³/mol. The van der Waals surface area contributed by atoms with Gasteiger partial charge in [-0.2, -0.15) is 0 Å². The number of nitrogens with one attached hydrogen (secondary N) is 1. The maximum atomic E-state index is 13.2. The van der Waals surface area contributed by atoms with Crippen LogP contribution in [0.1, 0.15) is 22.5 Å². The molecule has 0 saturated carbocycles. The topological polar surface area (TPSA) is 110 Å². The van der Waals surface area contributed by atoms with E-state index in [9.17, 15) is 4.79 Å². The summed E-state index contributed by atoms with van der Waals surface area (Å²) in [6.07, 6.45) is 2.69. The molecule has 7 heteroatoms. The second kappa shape index (κ2) is 8.28. The predicted octanol–water partition coefficient (Wildman–Crippen LogP) is 2.34. The number of rotatable bonds is 4. The summed E-state index contributed by atoms with van der Waals surface area (Å²) in [6.45, 7) is 3.67. The van der Waals surface area contributed by atoms with Gasteiger partial charge in [0, 0.05) is 37.1 Å². The Morgan fingerprint density at radius 3 is 2.72 bits per heavy atom. The fraction of sp³-hybridized carbons (Fsp3) is 0.227. The van der Waals surface area contributed by atoms with Gasteiger partial charge in [-0.05, 0) is 48.9 Å². The Bertz CT molecular complexity index is 1030. The van der Waals surface area contributed by atoms with Crippen molar-refractivity contribution >= 4 is 23.1 Å². The molecule has 29 heavy (non-hydrogen) atoms. The summed E-state index contributed by atoms with van der Waals surface area (Å²) in [6, 6.07) is 14.7. The number of hydrogen-bond acceptors (Lipinski definition) is 7. The number of aromatic nitrogens is 2. The van der Waals surface area contributed by atoms with Crippen LogP contribution in [0.2, 0.25) is 0 Å². The highest BCUT2D eigenvalue weighted by atomic mass is 16.1. The quantitative estimate of drug-likeness (QED) is 0.465. The van der Waals surface area contributed by atoms with E-state index < -0.39 is 0 Å². The first-order chi connectivity index (χ1) is 14.1. The van der Waals surface area contributed by atoms with Crippen LogP contribution >= 0.6 is 0 Å². The van der Waals surface area contributed by atoms with Gasteiger partial charge in [0.2, 0.25) is 5.78 Å². The lowest BCUT2D eigenvalue weighted by Gasteiger charge is -2.21. The van der Waals surface area contributed by atoms with Gasteiger partial charge in [0.1, 0.15) is 17.3 Å². The van der Waals surface area contributed by atoms with E-state index in [4.69, 9.17) is 11.5 Å². The molecule has 3 aromatic rings. The van der Waals surface area contributed by atoms with Crippen molar-refractivity contribution in [1.82, 2.24) is 15.3 Å². The average molecular weight is 388 g/mol. The molecule has 0 atom stereocenters. The third-order valence-corrected chi connectivity index (χ3v) is 5.01. The minimum Gasteiger partial charge on any atom is -0.399 e. The number of pyridine rings is 2. The van der Waals surface area contributed by atoms with E-state index in [1.54, 1.807) is 18.3 Å². The number of hydrogen-bond donors (Lipinski definition) is 3. The van der Waals surface area contributed by atoms with E-state index in [0.717, 1.165) is 49.5 Å². The number of nitrogen functional groups attached to an aromatic ring is 2. The van der Waals surface area contributed by atoms with Gasteiger partial charge in [-0.1, -0.05) is 18.2 Å². The summed E-state index contributed by atoms with van der Waals surface area (Å²) in [4.78, 5) is 24.2. The number of carbonyl (C=O) groups excluding carboxylic acids is 1. The number of benzene rings is 1. The smallest absolute Gasteiger partial charge is 0.215 e. The molecule has 4 rings (SSSR count). The molecule has 1 fully saturated rings. The monoisotopic (exact) mass is 388 g/mol. The maximum absolute atomic E-state index is 13.2. The molecule has 1 aliphatic rings. The van der Waals surface area contributed by atoms with Crippen molar-refractivity contribution in [2.75, 3.05) is 42.5 Å². The Kier molecular flexibility index (Phi) is 5.39. The number of carbonyl (C=O) groups is 1. The van der Waals surface area contributed by atoms with E-state index in [1.165, 1.54) is 0 Å². The first-order valence-corrected chi connectivity index (χ1v) is 9.71. The van der Waals surface area contributed by atoms with Gasteiger partial charge < -0.3 is 21.7 Å². The molecular weight excluding hydrogens is 364 g/mol. The van der Waals surface area contributed by atoms with Crippen LogP contribution < -0.4 is 21.7 Å². The molecule has 148 valence electrons. The Morgan fingerprint density at radius 1 is 1.00 bits per heavy atom. The van der Waals surface area contributed by atoms with E-state index in [2.05, 4.69) is 20.2 Å². The zero-order valence-corrected chi connectivity index (χ0v) is 16.1. The third kappa shape index (κ3) is 4.20. The Balaban J connectivity index is 1.66. The first-order valence-electron chi connectivity index (χ1n) is 9.71. The molecule has 0 radical (unpaired) electrons. The van der Waals surface area contributed by atoms with Crippen LogP contribution in [-0.2, 0) is 0 Å². The van der Waals surface area contributed by atoms with Gasteiger partial charge in [0.05, 0.1) is 5.56 Å². The van der Waals surface area contributed by atoms with Gasteiger partial charge in [-0.25, -0.2) is 9.97 Å². The van der Waals surface area contributed by atoms with E-state index in [-0.39, 0.29) is 11.6 Å². The number of nitrogens with zero attached hydrogens (tertiary/aromatic N) is 3. The van der Waals surface area contributed by atoms with Crippen molar-refractivity contribution in [2.45, 2.75) is 6.42 Å². The molecule has 1 saturated heterocycles. The van der Waals surface area contributed by atoms with Crippen molar-refractivity contribution in [3.63, 3.8) is 0 Å². The molecule has 5 N–H and O–H groups in total. The number of nitrogens with two attached hydrogens (primary N) is 2. The van der Waals surface area contributed by atoms with Crippen molar-refractivity contribution in [1.29, 1.82) is 0 Å². The summed E-state index contributed by atoms with van der Waals surface area (Å²) in [5, 5.41) is 3.37. The molecular formula is C22H24N6O. The summed E-state index contributed by atoms with van der Waals surface area (Å²) in [5.41, 5.74) is 14.9. The Hall–Kier alpha value is -3.45. The minimum absolute atomic E-state index is 0.189. The van der Waals surface area contributed by atoms with E-state index in [0.29, 0.717) is 16.9 Å². The largest absolute Gasteiger partial charge is 0.399 e. The average Bonchev–Trinajstić information content (AvgIpc) is 3.03. The fourth-order valence-electron chi connectivity index (χ4n) is 3.47. The van der Waals surface area contributed by atoms with Gasteiger partial charge in [-0.3, -0.25) is 4.79 Å². The summed E-state index contributed by atoms with van der Waals surface area (Å²) >= 11 is 0. The summed E-state index contributed by atoms with van der Waals surface area (Å²) < 4.78 is 0. The maximum Gasteiger partial charge on any atom is 0.215 e. The first kappa shape index (κ1) is 18.9. The standard InChI is InChI=1S/C22H24N6O/c23-17-5-1-4-15(12-17)16-13-18(22(24)26-14-16)21(29)19-6-2-7-20(27-19)28-10-3-8-25-9-11-28/h1-2,4-7,12-14,25H,3,8-11,23H2,(H2,24,26). The zero-order chi connectivity index (χ0) is 20.2. The lowest BCUT2D eigenvalue weighted by molar-refractivity contribution is 0.103. The highest BCUT2D eigenvalue weighted by Gasteiger charge is 2.18.